The zero-order valence-electron chi connectivity index (χ0n) is 17.1. The lowest BCUT2D eigenvalue weighted by molar-refractivity contribution is 0.208. The summed E-state index contributed by atoms with van der Waals surface area (Å²) in [5.74, 6) is 0.703. The molecular formula is C21H22N6O4S. The molecular weight excluding hydrogens is 432 g/mol. The Balaban J connectivity index is 1.33. The Bertz CT molecular complexity index is 1180. The maximum atomic E-state index is 12.6. The van der Waals surface area contributed by atoms with E-state index in [9.17, 15) is 13.2 Å². The highest BCUT2D eigenvalue weighted by atomic mass is 32.2. The molecule has 0 bridgehead atoms. The molecule has 1 aromatic heterocycles. The number of amides is 2. The Labute approximate surface area is 185 Å². The van der Waals surface area contributed by atoms with Gasteiger partial charge in [0.15, 0.2) is 0 Å². The second kappa shape index (κ2) is 9.20. The second-order valence-corrected chi connectivity index (χ2v) is 8.26. The summed E-state index contributed by atoms with van der Waals surface area (Å²) < 4.78 is 26.5. The van der Waals surface area contributed by atoms with Crippen LogP contribution in [0.1, 0.15) is 0 Å². The maximum Gasteiger partial charge on any atom is 0.380 e. The standard InChI is InChI=1S/C21H22N6O4S/c22-32(29,30)31-18-8-6-17(7-9-18)24-21(28)27-14-12-26(13-15-27)20-23-11-10-19(25-20)16-4-2-1-3-5-16/h1-11H,12-15H2,(H,24,28)(H2,22,29,30). The molecule has 1 saturated heterocycles. The number of urea groups is 1. The van der Waals surface area contributed by atoms with E-state index in [0.29, 0.717) is 37.8 Å². The van der Waals surface area contributed by atoms with Crippen LogP contribution in [0.5, 0.6) is 5.75 Å². The quantitative estimate of drug-likeness (QED) is 0.603. The van der Waals surface area contributed by atoms with Crippen LogP contribution in [0.15, 0.2) is 66.9 Å². The second-order valence-electron chi connectivity index (χ2n) is 7.11. The number of anilines is 2. The molecule has 0 radical (unpaired) electrons. The van der Waals surface area contributed by atoms with E-state index in [1.807, 2.05) is 36.4 Å². The highest BCUT2D eigenvalue weighted by Crippen LogP contribution is 2.20. The van der Waals surface area contributed by atoms with E-state index < -0.39 is 10.3 Å². The molecule has 3 aromatic rings. The number of nitrogens with two attached hydrogens (primary N) is 1. The zero-order chi connectivity index (χ0) is 22.6. The molecule has 32 heavy (non-hydrogen) atoms. The maximum absolute atomic E-state index is 12.6. The number of hydrogen-bond acceptors (Lipinski definition) is 7. The Morgan fingerprint density at radius 2 is 1.66 bits per heavy atom. The molecule has 2 aromatic carbocycles. The lowest BCUT2D eigenvalue weighted by Crippen LogP contribution is -2.50. The molecule has 1 aliphatic rings. The highest BCUT2D eigenvalue weighted by molar-refractivity contribution is 7.84. The SMILES string of the molecule is NS(=O)(=O)Oc1ccc(NC(=O)N2CCN(c3nccc(-c4ccccc4)n3)CC2)cc1. The predicted molar refractivity (Wildman–Crippen MR) is 120 cm³/mol. The molecule has 2 heterocycles. The Hall–Kier alpha value is -3.70. The molecule has 4 rings (SSSR count). The van der Waals surface area contributed by atoms with E-state index in [1.54, 1.807) is 11.1 Å². The van der Waals surface area contributed by atoms with Crippen molar-refractivity contribution in [2.75, 3.05) is 36.4 Å². The summed E-state index contributed by atoms with van der Waals surface area (Å²) >= 11 is 0. The first-order valence-electron chi connectivity index (χ1n) is 9.89. The molecule has 1 aliphatic heterocycles. The van der Waals surface area contributed by atoms with Crippen molar-refractivity contribution < 1.29 is 17.4 Å². The summed E-state index contributed by atoms with van der Waals surface area (Å²) in [6, 6.07) is 17.4. The van der Waals surface area contributed by atoms with Gasteiger partial charge in [0, 0.05) is 43.6 Å². The van der Waals surface area contributed by atoms with Gasteiger partial charge in [0.1, 0.15) is 5.75 Å². The first-order chi connectivity index (χ1) is 15.4. The number of aromatic nitrogens is 2. The van der Waals surface area contributed by atoms with Crippen molar-refractivity contribution in [3.63, 3.8) is 0 Å². The number of piperazine rings is 1. The van der Waals surface area contributed by atoms with Gasteiger partial charge in [0.05, 0.1) is 5.69 Å². The minimum Gasteiger partial charge on any atom is -0.371 e. The summed E-state index contributed by atoms with van der Waals surface area (Å²) in [4.78, 5) is 25.4. The lowest BCUT2D eigenvalue weighted by Gasteiger charge is -2.34. The van der Waals surface area contributed by atoms with Gasteiger partial charge in [0.2, 0.25) is 5.95 Å². The molecule has 11 heteroatoms. The Morgan fingerprint density at radius 1 is 0.969 bits per heavy atom. The van der Waals surface area contributed by atoms with Gasteiger partial charge < -0.3 is 19.3 Å². The van der Waals surface area contributed by atoms with Crippen LogP contribution in [0.2, 0.25) is 0 Å². The first-order valence-corrected chi connectivity index (χ1v) is 11.4. The van der Waals surface area contributed by atoms with Crippen LogP contribution >= 0.6 is 0 Å². The Kier molecular flexibility index (Phi) is 6.19. The van der Waals surface area contributed by atoms with Crippen molar-refractivity contribution in [3.05, 3.63) is 66.9 Å². The number of nitrogens with zero attached hydrogens (tertiary/aromatic N) is 4. The van der Waals surface area contributed by atoms with Gasteiger partial charge in [-0.3, -0.25) is 0 Å². The summed E-state index contributed by atoms with van der Waals surface area (Å²) in [6.45, 7) is 2.23. The minimum atomic E-state index is -4.09. The normalized spacial score (nSPS) is 14.2. The van der Waals surface area contributed by atoms with E-state index in [-0.39, 0.29) is 11.8 Å². The van der Waals surface area contributed by atoms with Gasteiger partial charge in [-0.1, -0.05) is 30.3 Å². The van der Waals surface area contributed by atoms with Crippen molar-refractivity contribution in [3.8, 4) is 17.0 Å². The van der Waals surface area contributed by atoms with Crippen LogP contribution in [-0.2, 0) is 10.3 Å². The summed E-state index contributed by atoms with van der Waals surface area (Å²) in [7, 11) is -4.09. The van der Waals surface area contributed by atoms with Crippen LogP contribution in [0.4, 0.5) is 16.4 Å². The third-order valence-electron chi connectivity index (χ3n) is 4.88. The largest absolute Gasteiger partial charge is 0.380 e. The number of rotatable bonds is 5. The monoisotopic (exact) mass is 454 g/mol. The fourth-order valence-electron chi connectivity index (χ4n) is 3.31. The summed E-state index contributed by atoms with van der Waals surface area (Å²) in [5.41, 5.74) is 2.39. The fraction of sp³-hybridized carbons (Fsp3) is 0.190. The van der Waals surface area contributed by atoms with Gasteiger partial charge in [0.25, 0.3) is 0 Å². The van der Waals surface area contributed by atoms with Crippen LogP contribution in [0.25, 0.3) is 11.3 Å². The molecule has 166 valence electrons. The van der Waals surface area contributed by atoms with Gasteiger partial charge in [-0.2, -0.15) is 13.6 Å². The van der Waals surface area contributed by atoms with E-state index in [4.69, 9.17) is 5.14 Å². The van der Waals surface area contributed by atoms with Gasteiger partial charge in [-0.25, -0.2) is 14.8 Å². The number of benzene rings is 2. The zero-order valence-corrected chi connectivity index (χ0v) is 17.9. The lowest BCUT2D eigenvalue weighted by atomic mass is 10.1. The summed E-state index contributed by atoms with van der Waals surface area (Å²) in [6.07, 6.45) is 1.74. The number of nitrogens with one attached hydrogen (secondary N) is 1. The van der Waals surface area contributed by atoms with E-state index in [1.165, 1.54) is 24.3 Å². The van der Waals surface area contributed by atoms with Crippen LogP contribution in [0, 0.1) is 0 Å². The smallest absolute Gasteiger partial charge is 0.371 e. The topological polar surface area (TPSA) is 131 Å². The van der Waals surface area contributed by atoms with Crippen molar-refractivity contribution >= 4 is 28.0 Å². The van der Waals surface area contributed by atoms with Crippen LogP contribution in [0.3, 0.4) is 0 Å². The molecule has 0 aliphatic carbocycles. The van der Waals surface area contributed by atoms with Crippen molar-refractivity contribution in [1.82, 2.24) is 14.9 Å². The van der Waals surface area contributed by atoms with Gasteiger partial charge in [-0.15, -0.1) is 0 Å². The van der Waals surface area contributed by atoms with Crippen molar-refractivity contribution in [2.24, 2.45) is 5.14 Å². The Morgan fingerprint density at radius 3 is 2.31 bits per heavy atom. The third kappa shape index (κ3) is 5.50. The van der Waals surface area contributed by atoms with Crippen LogP contribution < -0.4 is 19.5 Å². The average Bonchev–Trinajstić information content (AvgIpc) is 2.80. The molecule has 0 unspecified atom stereocenters. The highest BCUT2D eigenvalue weighted by Gasteiger charge is 2.23. The van der Waals surface area contributed by atoms with Gasteiger partial charge in [-0.05, 0) is 30.3 Å². The average molecular weight is 455 g/mol. The molecule has 0 spiro atoms. The van der Waals surface area contributed by atoms with E-state index in [0.717, 1.165) is 11.3 Å². The van der Waals surface area contributed by atoms with Crippen molar-refractivity contribution in [2.45, 2.75) is 0 Å². The molecule has 3 N–H and O–H groups in total. The minimum absolute atomic E-state index is 0.0665. The van der Waals surface area contributed by atoms with Crippen LogP contribution in [-0.4, -0.2) is 55.5 Å². The van der Waals surface area contributed by atoms with Crippen molar-refractivity contribution in [1.29, 1.82) is 0 Å². The van der Waals surface area contributed by atoms with Gasteiger partial charge >= 0.3 is 16.3 Å². The molecule has 0 saturated carbocycles. The molecule has 1 fully saturated rings. The third-order valence-corrected chi connectivity index (χ3v) is 5.30. The fourth-order valence-corrected chi connectivity index (χ4v) is 3.69. The first kappa shape index (κ1) is 21.5. The van der Waals surface area contributed by atoms with E-state index in [2.05, 4.69) is 24.4 Å². The number of hydrogen-bond donors (Lipinski definition) is 2. The predicted octanol–water partition coefficient (Wildman–Crippen LogP) is 2.08. The number of carbonyl (C=O) groups excluding carboxylic acids is 1. The van der Waals surface area contributed by atoms with E-state index >= 15 is 0 Å². The molecule has 10 nitrogen and oxygen atoms in total. The number of carbonyl (C=O) groups is 1. The summed E-state index contributed by atoms with van der Waals surface area (Å²) in [5, 5.41) is 7.62. The molecule has 2 amide bonds. The molecule has 0 atom stereocenters.